The van der Waals surface area contributed by atoms with E-state index in [1.807, 2.05) is 73.0 Å². The van der Waals surface area contributed by atoms with Gasteiger partial charge in [-0.2, -0.15) is 10.1 Å². The third kappa shape index (κ3) is 9.32. The zero-order chi connectivity index (χ0) is 38.4. The predicted molar refractivity (Wildman–Crippen MR) is 199 cm³/mol. The molecule has 0 radical (unpaired) electrons. The Balaban J connectivity index is 1.30. The van der Waals surface area contributed by atoms with Gasteiger partial charge in [0, 0.05) is 25.0 Å². The molecule has 3 aromatic heterocycles. The van der Waals surface area contributed by atoms with Crippen molar-refractivity contribution in [1.82, 2.24) is 45.9 Å². The lowest BCUT2D eigenvalue weighted by molar-refractivity contribution is -0.144. The fraction of sp³-hybridized carbons (Fsp3) is 0.622. The Labute approximate surface area is 313 Å². The normalized spacial score (nSPS) is 20.1. The topological polar surface area (TPSA) is 190 Å². The number of carbonyl (C=O) groups excluding carboxylic acids is 5. The Bertz CT molecular complexity index is 1900. The number of amides is 5. The van der Waals surface area contributed by atoms with E-state index < -0.39 is 64.7 Å². The Morgan fingerprint density at radius 3 is 2.34 bits per heavy atom. The highest BCUT2D eigenvalue weighted by Crippen LogP contribution is 2.36. The van der Waals surface area contributed by atoms with E-state index >= 15 is 0 Å². The second kappa shape index (κ2) is 14.7. The van der Waals surface area contributed by atoms with Crippen molar-refractivity contribution in [2.24, 2.45) is 18.4 Å². The van der Waals surface area contributed by atoms with Crippen molar-refractivity contribution in [3.63, 3.8) is 0 Å². The third-order valence-electron chi connectivity index (χ3n) is 9.54. The lowest BCUT2D eigenvalue weighted by atomic mass is 9.85. The van der Waals surface area contributed by atoms with E-state index in [2.05, 4.69) is 26.4 Å². The SMILES string of the molecule is Cc1cc(-c2nc(O[C@@H]3C[C@@H](C(=O)N[C@@H](CC4CC4)C(=O)C(=O)NC4CC4)N(C(=O)[C@@H](NC(=O)NC(C)(C)C)C(C)(C)C)C3)c3sccc3n2)n(C)n1. The number of hydrogen-bond acceptors (Lipinski definition) is 10. The van der Waals surface area contributed by atoms with Crippen molar-refractivity contribution >= 4 is 51.1 Å². The summed E-state index contributed by atoms with van der Waals surface area (Å²) in [4.78, 5) is 79.2. The van der Waals surface area contributed by atoms with E-state index in [1.165, 1.54) is 16.2 Å². The summed E-state index contributed by atoms with van der Waals surface area (Å²) in [6.45, 7) is 12.9. The van der Waals surface area contributed by atoms with E-state index in [0.29, 0.717) is 34.0 Å². The minimum atomic E-state index is -1.06. The smallest absolute Gasteiger partial charge is 0.315 e. The summed E-state index contributed by atoms with van der Waals surface area (Å²) in [6, 6.07) is 0.113. The molecule has 2 aliphatic carbocycles. The Morgan fingerprint density at radius 1 is 1.02 bits per heavy atom. The molecule has 0 spiro atoms. The van der Waals surface area contributed by atoms with Crippen molar-refractivity contribution < 1.29 is 28.7 Å². The first-order valence-corrected chi connectivity index (χ1v) is 19.2. The minimum absolute atomic E-state index is 0.00645. The average molecular weight is 750 g/mol. The molecule has 1 saturated heterocycles. The number of urea groups is 1. The molecular weight excluding hydrogens is 699 g/mol. The molecule has 3 fully saturated rings. The van der Waals surface area contributed by atoms with Gasteiger partial charge in [-0.1, -0.05) is 33.6 Å². The number of ether oxygens (including phenoxy) is 1. The van der Waals surface area contributed by atoms with Crippen LogP contribution in [0.15, 0.2) is 17.5 Å². The summed E-state index contributed by atoms with van der Waals surface area (Å²) >= 11 is 1.42. The van der Waals surface area contributed by atoms with E-state index in [0.717, 1.165) is 31.4 Å². The summed E-state index contributed by atoms with van der Waals surface area (Å²) in [5.74, 6) is -1.47. The molecule has 4 atom stereocenters. The molecule has 53 heavy (non-hydrogen) atoms. The largest absolute Gasteiger partial charge is 0.471 e. The fourth-order valence-corrected chi connectivity index (χ4v) is 7.30. The molecule has 4 N–H and O–H groups in total. The molecule has 3 aromatic rings. The maximum Gasteiger partial charge on any atom is 0.315 e. The molecule has 0 unspecified atom stereocenters. The van der Waals surface area contributed by atoms with Crippen LogP contribution in [-0.4, -0.2) is 96.5 Å². The number of fused-ring (bicyclic) bond motifs is 1. The Kier molecular flexibility index (Phi) is 10.6. The molecule has 4 heterocycles. The van der Waals surface area contributed by atoms with Crippen molar-refractivity contribution in [3.8, 4) is 17.4 Å². The van der Waals surface area contributed by atoms with E-state index in [4.69, 9.17) is 14.7 Å². The molecule has 15 nitrogen and oxygen atoms in total. The van der Waals surface area contributed by atoms with Gasteiger partial charge in [0.1, 0.15) is 28.6 Å². The Hall–Kier alpha value is -4.60. The van der Waals surface area contributed by atoms with Crippen LogP contribution < -0.4 is 26.0 Å². The van der Waals surface area contributed by atoms with Crippen LogP contribution in [-0.2, 0) is 26.2 Å². The minimum Gasteiger partial charge on any atom is -0.471 e. The first-order valence-electron chi connectivity index (χ1n) is 18.3. The van der Waals surface area contributed by atoms with Gasteiger partial charge in [-0.25, -0.2) is 9.78 Å². The van der Waals surface area contributed by atoms with Gasteiger partial charge in [0.15, 0.2) is 5.82 Å². The van der Waals surface area contributed by atoms with E-state index in [-0.39, 0.29) is 24.9 Å². The number of thiophene rings is 1. The van der Waals surface area contributed by atoms with Gasteiger partial charge in [0.05, 0.1) is 23.8 Å². The van der Waals surface area contributed by atoms with Crippen LogP contribution in [0.3, 0.4) is 0 Å². The highest BCUT2D eigenvalue weighted by molar-refractivity contribution is 7.17. The number of aryl methyl sites for hydroxylation is 2. The van der Waals surface area contributed by atoms with Gasteiger partial charge in [-0.3, -0.25) is 23.9 Å². The number of ketones is 1. The van der Waals surface area contributed by atoms with Gasteiger partial charge in [-0.15, -0.1) is 11.3 Å². The van der Waals surface area contributed by atoms with Crippen molar-refractivity contribution in [1.29, 1.82) is 0 Å². The molecule has 6 rings (SSSR count). The maximum atomic E-state index is 14.6. The van der Waals surface area contributed by atoms with Crippen molar-refractivity contribution in [2.75, 3.05) is 6.54 Å². The van der Waals surface area contributed by atoms with Crippen LogP contribution in [0.4, 0.5) is 4.79 Å². The average Bonchev–Trinajstić information content (AvgIpc) is 3.92. The second-order valence-electron chi connectivity index (χ2n) is 16.8. The van der Waals surface area contributed by atoms with Gasteiger partial charge < -0.3 is 30.9 Å². The molecule has 0 bridgehead atoms. The first-order chi connectivity index (χ1) is 24.9. The Morgan fingerprint density at radius 2 is 1.74 bits per heavy atom. The molecule has 0 aromatic carbocycles. The summed E-state index contributed by atoms with van der Waals surface area (Å²) in [5, 5.41) is 17.6. The summed E-state index contributed by atoms with van der Waals surface area (Å²) in [6.07, 6.45) is 3.22. The predicted octanol–water partition coefficient (Wildman–Crippen LogP) is 3.39. The van der Waals surface area contributed by atoms with Crippen LogP contribution in [0.2, 0.25) is 0 Å². The monoisotopic (exact) mass is 749 g/mol. The number of rotatable bonds is 12. The van der Waals surface area contributed by atoms with E-state index in [9.17, 15) is 24.0 Å². The molecular formula is C37H51N9O6S. The molecule has 3 aliphatic rings. The van der Waals surface area contributed by atoms with Crippen LogP contribution >= 0.6 is 11.3 Å². The van der Waals surface area contributed by atoms with Gasteiger partial charge >= 0.3 is 6.03 Å². The summed E-state index contributed by atoms with van der Waals surface area (Å²) in [7, 11) is 1.81. The number of hydrogen-bond donors (Lipinski definition) is 4. The van der Waals surface area contributed by atoms with Crippen molar-refractivity contribution in [3.05, 3.63) is 23.2 Å². The quantitative estimate of drug-likeness (QED) is 0.201. The standard InChI is InChI=1S/C37H51N9O6S/c1-19-15-25(45(8)44-19)30-39-23-13-14-53-28(23)33(42-30)52-22-17-26(31(48)40-24(16-20-9-10-20)27(47)32(49)38-21-11-12-21)46(18-22)34(50)29(36(2,3)4)41-35(51)43-37(5,6)7/h13-15,20-22,24,26,29H,9-12,16-18H2,1-8H3,(H,38,49)(H,40,48)(H2,41,43,51)/t22-,24+,26+,29-/m1/s1. The number of likely N-dealkylation sites (tertiary alicyclic amines) is 1. The summed E-state index contributed by atoms with van der Waals surface area (Å²) < 4.78 is 8.98. The first kappa shape index (κ1) is 38.1. The number of nitrogens with one attached hydrogen (secondary N) is 4. The van der Waals surface area contributed by atoms with Gasteiger partial charge in [0.25, 0.3) is 5.91 Å². The fourth-order valence-electron chi connectivity index (χ4n) is 6.53. The van der Waals surface area contributed by atoms with Gasteiger partial charge in [0.2, 0.25) is 23.5 Å². The third-order valence-corrected chi connectivity index (χ3v) is 10.4. The van der Waals surface area contributed by atoms with Gasteiger partial charge in [-0.05, 0) is 75.8 Å². The molecule has 2 saturated carbocycles. The number of carbonyl (C=O) groups is 5. The highest BCUT2D eigenvalue weighted by atomic mass is 32.1. The second-order valence-corrected chi connectivity index (χ2v) is 17.7. The van der Waals surface area contributed by atoms with Crippen molar-refractivity contribution in [2.45, 2.75) is 123 Å². The molecule has 16 heteroatoms. The number of aromatic nitrogens is 4. The highest BCUT2D eigenvalue weighted by Gasteiger charge is 2.47. The van der Waals surface area contributed by atoms with E-state index in [1.54, 1.807) is 4.68 Å². The summed E-state index contributed by atoms with van der Waals surface area (Å²) in [5.41, 5.74) is 0.882. The maximum absolute atomic E-state index is 14.6. The lowest BCUT2D eigenvalue weighted by Gasteiger charge is -2.36. The number of Topliss-reactive ketones (excluding diaryl/α,β-unsaturated/α-hetero) is 1. The molecule has 286 valence electrons. The zero-order valence-corrected chi connectivity index (χ0v) is 32.6. The van der Waals surface area contributed by atoms with Crippen LogP contribution in [0, 0.1) is 18.3 Å². The molecule has 1 aliphatic heterocycles. The zero-order valence-electron chi connectivity index (χ0n) is 31.7. The molecule has 5 amide bonds. The number of nitrogens with zero attached hydrogens (tertiary/aromatic N) is 5. The van der Waals surface area contributed by atoms with Crippen LogP contribution in [0.5, 0.6) is 5.88 Å². The van der Waals surface area contributed by atoms with Crippen LogP contribution in [0.1, 0.15) is 85.8 Å². The lowest BCUT2D eigenvalue weighted by Crippen LogP contribution is -2.61. The van der Waals surface area contributed by atoms with Crippen LogP contribution in [0.25, 0.3) is 21.7 Å².